The van der Waals surface area contributed by atoms with Gasteiger partial charge in [0.1, 0.15) is 0 Å². The molecule has 1 fully saturated rings. The lowest BCUT2D eigenvalue weighted by Crippen LogP contribution is -2.51. The molecule has 6 heteroatoms. The summed E-state index contributed by atoms with van der Waals surface area (Å²) in [4.78, 5) is 24.5. The third kappa shape index (κ3) is 4.18. The van der Waals surface area contributed by atoms with Crippen molar-refractivity contribution in [3.63, 3.8) is 0 Å². The van der Waals surface area contributed by atoms with Crippen LogP contribution in [0.4, 0.5) is 10.7 Å². The molecule has 0 radical (unpaired) electrons. The van der Waals surface area contributed by atoms with Crippen molar-refractivity contribution in [2.45, 2.75) is 20.8 Å². The first kappa shape index (κ1) is 15.3. The van der Waals surface area contributed by atoms with Crippen LogP contribution in [0.3, 0.4) is 0 Å². The second-order valence-electron chi connectivity index (χ2n) is 5.52. The van der Waals surface area contributed by atoms with Gasteiger partial charge in [-0.25, -0.2) is 14.8 Å². The predicted molar refractivity (Wildman–Crippen MR) is 82.9 cm³/mol. The number of aromatic nitrogens is 2. The van der Waals surface area contributed by atoms with Gasteiger partial charge in [0.2, 0.25) is 5.95 Å². The first-order valence-corrected chi connectivity index (χ1v) is 7.32. The van der Waals surface area contributed by atoms with E-state index in [2.05, 4.69) is 34.0 Å². The molecule has 1 aliphatic heterocycles. The minimum absolute atomic E-state index is 0.0383. The molecular formula is C15H23N5O. The summed E-state index contributed by atoms with van der Waals surface area (Å²) in [5.41, 5.74) is 1.17. The smallest absolute Gasteiger partial charge is 0.321 e. The van der Waals surface area contributed by atoms with E-state index >= 15 is 0 Å². The lowest BCUT2D eigenvalue weighted by atomic mass is 10.1. The summed E-state index contributed by atoms with van der Waals surface area (Å²) in [6, 6.07) is 1.76. The minimum atomic E-state index is -0.0383. The molecule has 1 aliphatic rings. The summed E-state index contributed by atoms with van der Waals surface area (Å²) in [6.45, 7) is 9.11. The molecule has 1 aromatic heterocycles. The molecule has 114 valence electrons. The molecule has 0 spiro atoms. The first-order valence-electron chi connectivity index (χ1n) is 7.32. The maximum atomic E-state index is 12.1. The van der Waals surface area contributed by atoms with Crippen LogP contribution >= 0.6 is 0 Å². The molecule has 0 aliphatic carbocycles. The standard InChI is InChI=1S/C15H23N5O/c1-12(2)13(3)11-18-15(21)20-9-7-19(8-10-20)14-16-5-4-6-17-14/h4-6,11-12H,7-10H2,1-3H3,(H,18,21)/b13-11+. The highest BCUT2D eigenvalue weighted by Gasteiger charge is 2.21. The average Bonchev–Trinajstić information content (AvgIpc) is 2.53. The highest BCUT2D eigenvalue weighted by atomic mass is 16.2. The quantitative estimate of drug-likeness (QED) is 0.922. The Bertz CT molecular complexity index is 492. The van der Waals surface area contributed by atoms with Crippen LogP contribution in [0, 0.1) is 5.92 Å². The van der Waals surface area contributed by atoms with Gasteiger partial charge in [-0.15, -0.1) is 0 Å². The number of hydrogen-bond donors (Lipinski definition) is 1. The Morgan fingerprint density at radius 2 is 1.86 bits per heavy atom. The molecule has 21 heavy (non-hydrogen) atoms. The Morgan fingerprint density at radius 1 is 1.24 bits per heavy atom. The third-order valence-electron chi connectivity index (χ3n) is 3.74. The Labute approximate surface area is 125 Å². The number of nitrogens with one attached hydrogen (secondary N) is 1. The number of rotatable bonds is 3. The van der Waals surface area contributed by atoms with Crippen molar-refractivity contribution in [3.05, 3.63) is 30.2 Å². The summed E-state index contributed by atoms with van der Waals surface area (Å²) >= 11 is 0. The molecule has 0 unspecified atom stereocenters. The molecule has 2 rings (SSSR count). The van der Waals surface area contributed by atoms with Gasteiger partial charge in [-0.3, -0.25) is 0 Å². The van der Waals surface area contributed by atoms with Gasteiger partial charge >= 0.3 is 6.03 Å². The second kappa shape index (κ2) is 7.06. The van der Waals surface area contributed by atoms with Crippen molar-refractivity contribution in [2.24, 2.45) is 5.92 Å². The molecule has 0 bridgehead atoms. The summed E-state index contributed by atoms with van der Waals surface area (Å²) in [7, 11) is 0. The third-order valence-corrected chi connectivity index (χ3v) is 3.74. The number of anilines is 1. The zero-order valence-corrected chi connectivity index (χ0v) is 12.9. The molecular weight excluding hydrogens is 266 g/mol. The van der Waals surface area contributed by atoms with Crippen LogP contribution in [0.5, 0.6) is 0 Å². The van der Waals surface area contributed by atoms with E-state index in [0.29, 0.717) is 19.0 Å². The molecule has 1 aromatic rings. The first-order chi connectivity index (χ1) is 10.1. The van der Waals surface area contributed by atoms with Crippen molar-refractivity contribution < 1.29 is 4.79 Å². The topological polar surface area (TPSA) is 61.4 Å². The summed E-state index contributed by atoms with van der Waals surface area (Å²) in [5.74, 6) is 1.17. The van der Waals surface area contributed by atoms with Crippen LogP contribution in [-0.2, 0) is 0 Å². The molecule has 0 atom stereocenters. The van der Waals surface area contributed by atoms with E-state index in [1.54, 1.807) is 24.7 Å². The lowest BCUT2D eigenvalue weighted by Gasteiger charge is -2.34. The van der Waals surface area contributed by atoms with Gasteiger partial charge in [0, 0.05) is 44.8 Å². The normalized spacial score (nSPS) is 16.3. The largest absolute Gasteiger partial charge is 0.337 e. The van der Waals surface area contributed by atoms with Crippen LogP contribution in [-0.4, -0.2) is 47.1 Å². The second-order valence-corrected chi connectivity index (χ2v) is 5.52. The maximum absolute atomic E-state index is 12.1. The number of hydrogen-bond acceptors (Lipinski definition) is 4. The SMILES string of the molecule is C/C(=C\NC(=O)N1CCN(c2ncccn2)CC1)C(C)C. The zero-order valence-electron chi connectivity index (χ0n) is 12.9. The van der Waals surface area contributed by atoms with Crippen molar-refractivity contribution >= 4 is 12.0 Å². The van der Waals surface area contributed by atoms with Gasteiger partial charge in [-0.2, -0.15) is 0 Å². The van der Waals surface area contributed by atoms with Gasteiger partial charge in [0.05, 0.1) is 0 Å². The van der Waals surface area contributed by atoms with Gasteiger partial charge in [-0.1, -0.05) is 19.4 Å². The van der Waals surface area contributed by atoms with Crippen LogP contribution < -0.4 is 10.2 Å². The number of nitrogens with zero attached hydrogens (tertiary/aromatic N) is 4. The summed E-state index contributed by atoms with van der Waals surface area (Å²) < 4.78 is 0. The molecule has 0 saturated carbocycles. The number of carbonyl (C=O) groups is 1. The molecule has 2 amide bonds. The number of urea groups is 1. The van der Waals surface area contributed by atoms with E-state index in [-0.39, 0.29) is 6.03 Å². The van der Waals surface area contributed by atoms with Crippen LogP contribution in [0.1, 0.15) is 20.8 Å². The molecule has 0 aromatic carbocycles. The summed E-state index contributed by atoms with van der Waals surface area (Å²) in [5, 5.41) is 2.86. The molecule has 1 N–H and O–H groups in total. The van der Waals surface area contributed by atoms with E-state index in [1.807, 2.05) is 11.8 Å². The van der Waals surface area contributed by atoms with Crippen LogP contribution in [0.25, 0.3) is 0 Å². The molecule has 2 heterocycles. The fraction of sp³-hybridized carbons (Fsp3) is 0.533. The predicted octanol–water partition coefficient (Wildman–Crippen LogP) is 1.87. The highest BCUT2D eigenvalue weighted by molar-refractivity contribution is 5.75. The Balaban J connectivity index is 1.84. The average molecular weight is 289 g/mol. The van der Waals surface area contributed by atoms with E-state index < -0.39 is 0 Å². The fourth-order valence-corrected chi connectivity index (χ4v) is 2.00. The Morgan fingerprint density at radius 3 is 2.43 bits per heavy atom. The monoisotopic (exact) mass is 289 g/mol. The van der Waals surface area contributed by atoms with E-state index in [9.17, 15) is 4.79 Å². The van der Waals surface area contributed by atoms with Crippen molar-refractivity contribution in [2.75, 3.05) is 31.1 Å². The maximum Gasteiger partial charge on any atom is 0.321 e. The van der Waals surface area contributed by atoms with Crippen LogP contribution in [0.15, 0.2) is 30.2 Å². The van der Waals surface area contributed by atoms with E-state index in [0.717, 1.165) is 19.0 Å². The van der Waals surface area contributed by atoms with Gasteiger partial charge < -0.3 is 15.1 Å². The van der Waals surface area contributed by atoms with Crippen molar-refractivity contribution in [3.8, 4) is 0 Å². The lowest BCUT2D eigenvalue weighted by molar-refractivity contribution is 0.197. The Kier molecular flexibility index (Phi) is 5.14. The molecule has 1 saturated heterocycles. The highest BCUT2D eigenvalue weighted by Crippen LogP contribution is 2.10. The van der Waals surface area contributed by atoms with Crippen molar-refractivity contribution in [1.82, 2.24) is 20.2 Å². The summed E-state index contributed by atoms with van der Waals surface area (Å²) in [6.07, 6.45) is 5.28. The van der Waals surface area contributed by atoms with E-state index in [4.69, 9.17) is 0 Å². The fourth-order valence-electron chi connectivity index (χ4n) is 2.00. The van der Waals surface area contributed by atoms with Gasteiger partial charge in [0.15, 0.2) is 0 Å². The van der Waals surface area contributed by atoms with Crippen LogP contribution in [0.2, 0.25) is 0 Å². The van der Waals surface area contributed by atoms with Gasteiger partial charge in [0.25, 0.3) is 0 Å². The number of allylic oxidation sites excluding steroid dienone is 1. The number of carbonyl (C=O) groups excluding carboxylic acids is 1. The van der Waals surface area contributed by atoms with Crippen molar-refractivity contribution in [1.29, 1.82) is 0 Å². The number of amides is 2. The zero-order chi connectivity index (χ0) is 15.2. The Hall–Kier alpha value is -2.11. The van der Waals surface area contributed by atoms with E-state index in [1.165, 1.54) is 5.57 Å². The number of piperazine rings is 1. The van der Waals surface area contributed by atoms with Gasteiger partial charge in [-0.05, 0) is 18.9 Å². The molecule has 6 nitrogen and oxygen atoms in total. The minimum Gasteiger partial charge on any atom is -0.337 e.